The molecule has 2 aliphatic heterocycles. The third kappa shape index (κ3) is 3.87. The largest absolute Gasteiger partial charge is 0.490 e. The van der Waals surface area contributed by atoms with Crippen LogP contribution in [0.25, 0.3) is 10.9 Å². The van der Waals surface area contributed by atoms with E-state index in [0.29, 0.717) is 42.0 Å². The van der Waals surface area contributed by atoms with Crippen molar-refractivity contribution in [2.75, 3.05) is 24.7 Å². The molecule has 39 heavy (non-hydrogen) atoms. The molecule has 200 valence electrons. The van der Waals surface area contributed by atoms with Crippen molar-refractivity contribution < 1.29 is 19.1 Å². The molecule has 3 heterocycles. The molecule has 4 aromatic rings. The van der Waals surface area contributed by atoms with Crippen LogP contribution in [0.5, 0.6) is 11.5 Å². The van der Waals surface area contributed by atoms with Gasteiger partial charge in [-0.05, 0) is 67.8 Å². The van der Waals surface area contributed by atoms with Gasteiger partial charge in [-0.1, -0.05) is 48.9 Å². The zero-order valence-corrected chi connectivity index (χ0v) is 22.9. The summed E-state index contributed by atoms with van der Waals surface area (Å²) >= 11 is 6.24. The van der Waals surface area contributed by atoms with Crippen molar-refractivity contribution >= 4 is 40.1 Å². The van der Waals surface area contributed by atoms with Crippen LogP contribution in [0.4, 0.5) is 10.5 Å². The third-order valence-corrected chi connectivity index (χ3v) is 7.96. The van der Waals surface area contributed by atoms with E-state index >= 15 is 0 Å². The maximum atomic E-state index is 14.1. The van der Waals surface area contributed by atoms with Gasteiger partial charge in [0.05, 0.1) is 24.6 Å². The topological polar surface area (TPSA) is 74.9 Å². The van der Waals surface area contributed by atoms with Gasteiger partial charge >= 0.3 is 6.03 Å². The first-order valence-electron chi connectivity index (χ1n) is 13.3. The van der Waals surface area contributed by atoms with Crippen molar-refractivity contribution in [1.29, 1.82) is 0 Å². The zero-order valence-electron chi connectivity index (χ0n) is 22.2. The fourth-order valence-corrected chi connectivity index (χ4v) is 6.06. The van der Waals surface area contributed by atoms with E-state index < -0.39 is 5.54 Å². The van der Waals surface area contributed by atoms with E-state index in [1.165, 1.54) is 4.90 Å². The summed E-state index contributed by atoms with van der Waals surface area (Å²) in [5.41, 5.74) is 2.91. The number of aromatic nitrogens is 1. The van der Waals surface area contributed by atoms with Crippen molar-refractivity contribution in [2.24, 2.45) is 0 Å². The highest BCUT2D eigenvalue weighted by Gasteiger charge is 2.60. The minimum Gasteiger partial charge on any atom is -0.490 e. The highest BCUT2D eigenvalue weighted by molar-refractivity contribution is 6.31. The summed E-state index contributed by atoms with van der Waals surface area (Å²) in [6.45, 7) is 7.26. The van der Waals surface area contributed by atoms with Gasteiger partial charge < -0.3 is 19.4 Å². The first-order chi connectivity index (χ1) is 18.9. The molecule has 0 radical (unpaired) electrons. The molecule has 1 unspecified atom stereocenters. The quantitative estimate of drug-likeness (QED) is 0.259. The lowest BCUT2D eigenvalue weighted by molar-refractivity contribution is -0.125. The van der Waals surface area contributed by atoms with Gasteiger partial charge in [-0.2, -0.15) is 0 Å². The van der Waals surface area contributed by atoms with Crippen LogP contribution in [-0.4, -0.2) is 41.6 Å². The van der Waals surface area contributed by atoms with Crippen LogP contribution in [0, 0.1) is 0 Å². The second kappa shape index (κ2) is 9.65. The van der Waals surface area contributed by atoms with E-state index in [0.717, 1.165) is 34.1 Å². The SMILES string of the molecule is CCCOc1ccc(C2CN3C(=O)N(c4cccc(Cl)c4)C(=O)[C@]3(C)c3[nH]c4ccccc4c32)cc1OCC. The minimum absolute atomic E-state index is 0.195. The Morgan fingerprint density at radius 1 is 1.00 bits per heavy atom. The van der Waals surface area contributed by atoms with Crippen molar-refractivity contribution in [2.45, 2.75) is 38.6 Å². The number of hydrogen-bond donors (Lipinski definition) is 1. The number of nitrogens with one attached hydrogen (secondary N) is 1. The van der Waals surface area contributed by atoms with Gasteiger partial charge in [0, 0.05) is 28.4 Å². The third-order valence-electron chi connectivity index (χ3n) is 7.73. The number of fused-ring (bicyclic) bond motifs is 5. The van der Waals surface area contributed by atoms with Gasteiger partial charge in [-0.15, -0.1) is 0 Å². The lowest BCUT2D eigenvalue weighted by atomic mass is 9.78. The molecule has 1 N–H and O–H groups in total. The number of urea groups is 1. The summed E-state index contributed by atoms with van der Waals surface area (Å²) in [7, 11) is 0. The average Bonchev–Trinajstić information content (AvgIpc) is 3.42. The Morgan fingerprint density at radius 3 is 2.59 bits per heavy atom. The van der Waals surface area contributed by atoms with Crippen LogP contribution in [-0.2, 0) is 10.3 Å². The number of carbonyl (C=O) groups excluding carboxylic acids is 2. The Hall–Kier alpha value is -3.97. The van der Waals surface area contributed by atoms with Crippen molar-refractivity contribution in [1.82, 2.24) is 9.88 Å². The number of ether oxygens (including phenoxy) is 2. The molecule has 6 rings (SSSR count). The van der Waals surface area contributed by atoms with E-state index in [2.05, 4.69) is 18.0 Å². The summed E-state index contributed by atoms with van der Waals surface area (Å²) in [6, 6.07) is 20.5. The molecule has 1 saturated heterocycles. The number of hydrogen-bond acceptors (Lipinski definition) is 4. The molecule has 8 heteroatoms. The number of aromatic amines is 1. The van der Waals surface area contributed by atoms with E-state index in [1.54, 1.807) is 29.2 Å². The van der Waals surface area contributed by atoms with Crippen LogP contribution in [0.1, 0.15) is 49.9 Å². The highest BCUT2D eigenvalue weighted by Crippen LogP contribution is 2.51. The number of carbonyl (C=O) groups is 2. The number of imide groups is 1. The number of nitrogens with zero attached hydrogens (tertiary/aromatic N) is 2. The predicted octanol–water partition coefficient (Wildman–Crippen LogP) is 6.84. The number of amides is 3. The Kier molecular flexibility index (Phi) is 6.26. The predicted molar refractivity (Wildman–Crippen MR) is 152 cm³/mol. The maximum absolute atomic E-state index is 14.1. The van der Waals surface area contributed by atoms with Gasteiger partial charge in [0.25, 0.3) is 5.91 Å². The second-order valence-electron chi connectivity index (χ2n) is 10.1. The minimum atomic E-state index is -1.20. The molecule has 2 atom stereocenters. The number of H-pyrrole nitrogens is 1. The van der Waals surface area contributed by atoms with Gasteiger partial charge in [-0.25, -0.2) is 9.69 Å². The molecule has 0 saturated carbocycles. The summed E-state index contributed by atoms with van der Waals surface area (Å²) < 4.78 is 11.9. The molecular formula is C31H30ClN3O4. The molecule has 0 bridgehead atoms. The summed E-state index contributed by atoms with van der Waals surface area (Å²) in [6.07, 6.45) is 0.890. The van der Waals surface area contributed by atoms with Gasteiger partial charge in [0.1, 0.15) is 0 Å². The fraction of sp³-hybridized carbons (Fsp3) is 0.290. The van der Waals surface area contributed by atoms with Crippen LogP contribution in [0.3, 0.4) is 0 Å². The van der Waals surface area contributed by atoms with Crippen molar-refractivity contribution in [3.05, 3.63) is 88.6 Å². The number of rotatable bonds is 7. The van der Waals surface area contributed by atoms with Crippen molar-refractivity contribution in [3.8, 4) is 11.5 Å². The molecule has 2 aliphatic rings. The lowest BCUT2D eigenvalue weighted by Gasteiger charge is -2.40. The van der Waals surface area contributed by atoms with E-state index in [9.17, 15) is 9.59 Å². The molecular weight excluding hydrogens is 514 g/mol. The highest BCUT2D eigenvalue weighted by atomic mass is 35.5. The van der Waals surface area contributed by atoms with Crippen LogP contribution in [0.15, 0.2) is 66.7 Å². The lowest BCUT2D eigenvalue weighted by Crippen LogP contribution is -2.50. The molecule has 3 amide bonds. The monoisotopic (exact) mass is 543 g/mol. The average molecular weight is 544 g/mol. The molecule has 7 nitrogen and oxygen atoms in total. The first-order valence-corrected chi connectivity index (χ1v) is 13.7. The Bertz CT molecular complexity index is 1600. The zero-order chi connectivity index (χ0) is 27.3. The number of benzene rings is 3. The molecule has 3 aromatic carbocycles. The van der Waals surface area contributed by atoms with Crippen LogP contribution < -0.4 is 14.4 Å². The number of anilines is 1. The van der Waals surface area contributed by atoms with E-state index in [1.807, 2.05) is 50.2 Å². The Labute approximate surface area is 232 Å². The smallest absolute Gasteiger partial charge is 0.332 e. The summed E-state index contributed by atoms with van der Waals surface area (Å²) in [5.74, 6) is 0.864. The second-order valence-corrected chi connectivity index (χ2v) is 10.5. The normalized spacial score (nSPS) is 20.4. The maximum Gasteiger partial charge on any atom is 0.332 e. The van der Waals surface area contributed by atoms with Gasteiger partial charge in [0.15, 0.2) is 17.0 Å². The Balaban J connectivity index is 1.52. The molecule has 0 spiro atoms. The van der Waals surface area contributed by atoms with Crippen molar-refractivity contribution in [3.63, 3.8) is 0 Å². The molecule has 0 aliphatic carbocycles. The molecule has 1 aromatic heterocycles. The standard InChI is InChI=1S/C31H30ClN3O4/c1-4-15-39-25-14-13-19(16-26(25)38-5-2)23-18-34-30(37)35(21-10-8-9-20(32)17-21)29(36)31(34,3)28-27(23)22-11-6-7-12-24(22)33-28/h6-14,16-17,23,33H,4-5,15,18H2,1-3H3/t23?,31-/m0/s1. The number of para-hydroxylation sites is 1. The van der Waals surface area contributed by atoms with E-state index in [4.69, 9.17) is 21.1 Å². The van der Waals surface area contributed by atoms with E-state index in [-0.39, 0.29) is 17.9 Å². The fourth-order valence-electron chi connectivity index (χ4n) is 5.87. The van der Waals surface area contributed by atoms with Crippen LogP contribution in [0.2, 0.25) is 5.02 Å². The van der Waals surface area contributed by atoms with Gasteiger partial charge in [0.2, 0.25) is 0 Å². The molecule has 1 fully saturated rings. The first kappa shape index (κ1) is 25.3. The van der Waals surface area contributed by atoms with Crippen LogP contribution >= 0.6 is 11.6 Å². The van der Waals surface area contributed by atoms with Gasteiger partial charge in [-0.3, -0.25) is 4.79 Å². The Morgan fingerprint density at radius 2 is 1.82 bits per heavy atom. The summed E-state index contributed by atoms with van der Waals surface area (Å²) in [4.78, 5) is 34.5. The summed E-state index contributed by atoms with van der Waals surface area (Å²) in [5, 5.41) is 1.49. The number of halogens is 1.